The second-order valence-corrected chi connectivity index (χ2v) is 8.99. The maximum atomic E-state index is 11.9. The van der Waals surface area contributed by atoms with Crippen LogP contribution in [-0.4, -0.2) is 94.4 Å². The van der Waals surface area contributed by atoms with E-state index in [-0.39, 0.29) is 24.0 Å². The molecule has 0 aromatic rings. The molecule has 0 radical (unpaired) electrons. The summed E-state index contributed by atoms with van der Waals surface area (Å²) in [4.78, 5) is 23.3. The molecule has 3 atom stereocenters. The Kier molecular flexibility index (Phi) is 13.5. The molecule has 0 saturated carbocycles. The second-order valence-electron chi connectivity index (χ2n) is 7.72. The van der Waals surface area contributed by atoms with Crippen molar-refractivity contribution in [1.29, 1.82) is 0 Å². The van der Waals surface area contributed by atoms with Gasteiger partial charge in [-0.25, -0.2) is 4.79 Å². The molecule has 32 heavy (non-hydrogen) atoms. The third-order valence-electron chi connectivity index (χ3n) is 5.08. The molecule has 3 amide bonds. The monoisotopic (exact) mass is 474 g/mol. The molecular formula is C21H38N4O6S. The number of nitrogens with one attached hydrogen (secondary N) is 3. The Morgan fingerprint density at radius 1 is 1.00 bits per heavy atom. The first-order chi connectivity index (χ1) is 15.6. The number of hydrogen-bond acceptors (Lipinski definition) is 8. The van der Waals surface area contributed by atoms with E-state index in [0.717, 1.165) is 18.6 Å². The van der Waals surface area contributed by atoms with Crippen LogP contribution in [0.15, 0.2) is 12.3 Å². The molecule has 2 saturated heterocycles. The molecule has 0 spiro atoms. The number of carbonyl (C=O) groups excluding carboxylic acids is 2. The summed E-state index contributed by atoms with van der Waals surface area (Å²) in [7, 11) is 0. The highest BCUT2D eigenvalue weighted by Crippen LogP contribution is 2.32. The van der Waals surface area contributed by atoms with Gasteiger partial charge >= 0.3 is 6.03 Å². The van der Waals surface area contributed by atoms with Crippen molar-refractivity contribution in [3.8, 4) is 0 Å². The van der Waals surface area contributed by atoms with E-state index in [4.69, 9.17) is 24.7 Å². The van der Waals surface area contributed by atoms with Gasteiger partial charge in [0.15, 0.2) is 0 Å². The van der Waals surface area contributed by atoms with E-state index in [9.17, 15) is 9.59 Å². The van der Waals surface area contributed by atoms with E-state index in [0.29, 0.717) is 83.2 Å². The van der Waals surface area contributed by atoms with Crippen molar-refractivity contribution in [3.63, 3.8) is 0 Å². The minimum Gasteiger partial charge on any atom is -0.402 e. The minimum absolute atomic E-state index is 0.0343. The summed E-state index contributed by atoms with van der Waals surface area (Å²) < 4.78 is 21.6. The van der Waals surface area contributed by atoms with E-state index < -0.39 is 0 Å². The van der Waals surface area contributed by atoms with Gasteiger partial charge in [-0.05, 0) is 12.8 Å². The lowest BCUT2D eigenvalue weighted by Crippen LogP contribution is -2.37. The second kappa shape index (κ2) is 16.1. The summed E-state index contributed by atoms with van der Waals surface area (Å²) in [5.41, 5.74) is 6.06. The lowest BCUT2D eigenvalue weighted by molar-refractivity contribution is -0.121. The molecule has 2 aliphatic heterocycles. The van der Waals surface area contributed by atoms with E-state index in [2.05, 4.69) is 22.5 Å². The van der Waals surface area contributed by atoms with Crippen molar-refractivity contribution < 1.29 is 28.5 Å². The molecule has 0 aromatic heterocycles. The fourth-order valence-electron chi connectivity index (χ4n) is 3.42. The van der Waals surface area contributed by atoms with Crippen molar-refractivity contribution >= 4 is 23.7 Å². The summed E-state index contributed by atoms with van der Waals surface area (Å²) in [5, 5.41) is 9.16. The quantitative estimate of drug-likeness (QED) is 0.156. The molecule has 2 aliphatic rings. The Balaban J connectivity index is 1.29. The Morgan fingerprint density at radius 2 is 1.62 bits per heavy atom. The number of rotatable bonds is 19. The smallest absolute Gasteiger partial charge is 0.315 e. The van der Waals surface area contributed by atoms with Gasteiger partial charge in [-0.1, -0.05) is 6.58 Å². The Labute approximate surface area is 194 Å². The largest absolute Gasteiger partial charge is 0.402 e. The Bertz CT molecular complexity index is 582. The van der Waals surface area contributed by atoms with Crippen LogP contribution >= 0.6 is 11.8 Å². The van der Waals surface area contributed by atoms with Crippen LogP contribution in [0.5, 0.6) is 0 Å². The molecule has 5 N–H and O–H groups in total. The Morgan fingerprint density at radius 3 is 2.28 bits per heavy atom. The number of amides is 3. The summed E-state index contributed by atoms with van der Waals surface area (Å²) in [6.07, 6.45) is 2.89. The van der Waals surface area contributed by atoms with Gasteiger partial charge in [0.1, 0.15) is 0 Å². The van der Waals surface area contributed by atoms with Crippen LogP contribution in [0.3, 0.4) is 0 Å². The van der Waals surface area contributed by atoms with Crippen LogP contribution in [0.25, 0.3) is 0 Å². The zero-order valence-corrected chi connectivity index (χ0v) is 19.6. The summed E-state index contributed by atoms with van der Waals surface area (Å²) in [6.45, 7) is 8.12. The van der Waals surface area contributed by atoms with Gasteiger partial charge in [0.2, 0.25) is 5.91 Å². The van der Waals surface area contributed by atoms with Crippen LogP contribution in [0.1, 0.15) is 25.7 Å². The lowest BCUT2D eigenvalue weighted by Gasteiger charge is -2.16. The van der Waals surface area contributed by atoms with Crippen molar-refractivity contribution in [3.05, 3.63) is 12.3 Å². The van der Waals surface area contributed by atoms with E-state index in [1.165, 1.54) is 0 Å². The maximum absolute atomic E-state index is 11.9. The van der Waals surface area contributed by atoms with Crippen LogP contribution in [0.4, 0.5) is 4.79 Å². The summed E-state index contributed by atoms with van der Waals surface area (Å²) >= 11 is 1.87. The maximum Gasteiger partial charge on any atom is 0.315 e. The molecule has 10 nitrogen and oxygen atoms in total. The predicted octanol–water partition coefficient (Wildman–Crippen LogP) is 0.367. The molecule has 3 unspecified atom stereocenters. The van der Waals surface area contributed by atoms with Crippen LogP contribution in [0, 0.1) is 0 Å². The molecule has 2 fully saturated rings. The number of nitrogens with two attached hydrogens (primary N) is 1. The molecule has 0 aliphatic carbocycles. The minimum atomic E-state index is -0.0750. The number of carbonyl (C=O) groups is 2. The highest BCUT2D eigenvalue weighted by atomic mass is 32.2. The van der Waals surface area contributed by atoms with Crippen molar-refractivity contribution in [2.24, 2.45) is 5.73 Å². The number of thioether (sulfide) groups is 1. The molecule has 0 aromatic carbocycles. The average molecular weight is 475 g/mol. The molecular weight excluding hydrogens is 436 g/mol. The SMILES string of the molecule is C=C(N)CCOCCOCCOCCOCCNC(=O)CCCC1SCC2NC(=O)NC21. The molecule has 11 heteroatoms. The van der Waals surface area contributed by atoms with Gasteiger partial charge in [0, 0.05) is 36.1 Å². The molecule has 2 rings (SSSR count). The zero-order chi connectivity index (χ0) is 23.0. The van der Waals surface area contributed by atoms with Gasteiger partial charge in [0.25, 0.3) is 0 Å². The van der Waals surface area contributed by atoms with Crippen LogP contribution in [-0.2, 0) is 23.7 Å². The number of hydrogen-bond donors (Lipinski definition) is 4. The van der Waals surface area contributed by atoms with Gasteiger partial charge < -0.3 is 40.6 Å². The molecule has 0 bridgehead atoms. The highest BCUT2D eigenvalue weighted by molar-refractivity contribution is 8.00. The summed E-state index contributed by atoms with van der Waals surface area (Å²) in [5.74, 6) is 0.975. The van der Waals surface area contributed by atoms with Crippen molar-refractivity contribution in [2.75, 3.05) is 65.2 Å². The fourth-order valence-corrected chi connectivity index (χ4v) is 4.97. The zero-order valence-electron chi connectivity index (χ0n) is 18.8. The van der Waals surface area contributed by atoms with E-state index in [1.807, 2.05) is 11.8 Å². The lowest BCUT2D eigenvalue weighted by atomic mass is 10.0. The normalized spacial score (nSPS) is 21.8. The van der Waals surface area contributed by atoms with Gasteiger partial charge in [-0.3, -0.25) is 4.79 Å². The average Bonchev–Trinajstić information content (AvgIpc) is 3.30. The van der Waals surface area contributed by atoms with Gasteiger partial charge in [-0.2, -0.15) is 11.8 Å². The van der Waals surface area contributed by atoms with Gasteiger partial charge in [-0.15, -0.1) is 0 Å². The third-order valence-corrected chi connectivity index (χ3v) is 6.59. The summed E-state index contributed by atoms with van der Waals surface area (Å²) in [6, 6.07) is 0.348. The fraction of sp³-hybridized carbons (Fsp3) is 0.810. The van der Waals surface area contributed by atoms with Crippen LogP contribution in [0.2, 0.25) is 0 Å². The van der Waals surface area contributed by atoms with Crippen molar-refractivity contribution in [1.82, 2.24) is 16.0 Å². The first-order valence-electron chi connectivity index (χ1n) is 11.3. The standard InChI is InChI=1S/C21H38N4O6S/c1-16(22)5-7-28-9-11-30-13-14-31-12-10-29-8-6-23-19(26)4-2-3-18-20-17(15-32-18)24-21(27)25-20/h17-18,20H,1-15,22H2,(H,23,26)(H2,24,25,27). The first-order valence-corrected chi connectivity index (χ1v) is 12.3. The topological polar surface area (TPSA) is 133 Å². The highest BCUT2D eigenvalue weighted by Gasteiger charge is 2.42. The number of urea groups is 1. The van der Waals surface area contributed by atoms with Gasteiger partial charge in [0.05, 0.1) is 64.9 Å². The van der Waals surface area contributed by atoms with Crippen molar-refractivity contribution in [2.45, 2.75) is 43.0 Å². The Hall–Kier alpha value is -1.53. The number of fused-ring (bicyclic) bond motifs is 1. The first kappa shape index (κ1) is 26.7. The number of ether oxygens (including phenoxy) is 4. The van der Waals surface area contributed by atoms with Crippen LogP contribution < -0.4 is 21.7 Å². The third kappa shape index (κ3) is 11.4. The van der Waals surface area contributed by atoms with E-state index >= 15 is 0 Å². The molecule has 2 heterocycles. The van der Waals surface area contributed by atoms with E-state index in [1.54, 1.807) is 0 Å². The predicted molar refractivity (Wildman–Crippen MR) is 124 cm³/mol. The molecule has 184 valence electrons.